The van der Waals surface area contributed by atoms with Gasteiger partial charge in [-0.15, -0.1) is 11.3 Å². The molecule has 0 spiro atoms. The van der Waals surface area contributed by atoms with E-state index < -0.39 is 0 Å². The summed E-state index contributed by atoms with van der Waals surface area (Å²) in [7, 11) is 0. The van der Waals surface area contributed by atoms with E-state index in [2.05, 4.69) is 79.9 Å². The van der Waals surface area contributed by atoms with E-state index in [1.54, 1.807) is 11.3 Å². The summed E-state index contributed by atoms with van der Waals surface area (Å²) in [5.41, 5.74) is 3.72. The Bertz CT molecular complexity index is 581. The first kappa shape index (κ1) is 17.0. The van der Waals surface area contributed by atoms with E-state index in [1.807, 2.05) is 0 Å². The Hall–Kier alpha value is -1.39. The second kappa shape index (κ2) is 7.25. The number of thiazole rings is 1. The summed E-state index contributed by atoms with van der Waals surface area (Å²) in [6.07, 6.45) is 1.14. The first-order chi connectivity index (χ1) is 10.4. The predicted octanol–water partition coefficient (Wildman–Crippen LogP) is 5.24. The van der Waals surface area contributed by atoms with Gasteiger partial charge in [-0.05, 0) is 43.0 Å². The molecule has 1 heterocycles. The Labute approximate surface area is 138 Å². The van der Waals surface area contributed by atoms with Gasteiger partial charge in [-0.1, -0.05) is 39.8 Å². The molecule has 120 valence electrons. The summed E-state index contributed by atoms with van der Waals surface area (Å²) >= 11 is 1.65. The molecular weight excluding hydrogens is 290 g/mol. The summed E-state index contributed by atoms with van der Waals surface area (Å²) in [5.74, 6) is 0. The molecule has 0 aliphatic heterocycles. The standard InChI is InChI=1S/C18H27N3S/c1-6-11-19-13(2)16-12-22-17(21-16)20-15-9-7-14(8-10-15)18(3,4)5/h7-10,12-13,19H,6,11H2,1-5H3,(H,20,21). The van der Waals surface area contributed by atoms with Crippen LogP contribution in [0.4, 0.5) is 10.8 Å². The van der Waals surface area contributed by atoms with Crippen LogP contribution in [0.1, 0.15) is 58.3 Å². The average molecular weight is 318 g/mol. The lowest BCUT2D eigenvalue weighted by Crippen LogP contribution is -2.19. The fraction of sp³-hybridized carbons (Fsp3) is 0.500. The van der Waals surface area contributed by atoms with Crippen molar-refractivity contribution in [2.45, 2.75) is 52.5 Å². The molecule has 1 aromatic heterocycles. The van der Waals surface area contributed by atoms with Crippen molar-refractivity contribution in [3.63, 3.8) is 0 Å². The molecule has 1 atom stereocenters. The van der Waals surface area contributed by atoms with Crippen LogP contribution in [0.2, 0.25) is 0 Å². The Morgan fingerprint density at radius 3 is 2.45 bits per heavy atom. The monoisotopic (exact) mass is 317 g/mol. The van der Waals surface area contributed by atoms with Gasteiger partial charge in [-0.2, -0.15) is 0 Å². The van der Waals surface area contributed by atoms with E-state index in [0.29, 0.717) is 6.04 Å². The molecule has 1 aromatic carbocycles. The first-order valence-corrected chi connectivity index (χ1v) is 8.84. The van der Waals surface area contributed by atoms with E-state index in [4.69, 9.17) is 0 Å². The summed E-state index contributed by atoms with van der Waals surface area (Å²) in [5, 5.41) is 9.93. The van der Waals surface area contributed by atoms with Gasteiger partial charge in [0.25, 0.3) is 0 Å². The third-order valence-corrected chi connectivity index (χ3v) is 4.44. The molecule has 3 nitrogen and oxygen atoms in total. The minimum Gasteiger partial charge on any atom is -0.332 e. The van der Waals surface area contributed by atoms with Crippen molar-refractivity contribution >= 4 is 22.2 Å². The molecule has 0 bridgehead atoms. The van der Waals surface area contributed by atoms with Gasteiger partial charge < -0.3 is 10.6 Å². The Morgan fingerprint density at radius 1 is 1.18 bits per heavy atom. The summed E-state index contributed by atoms with van der Waals surface area (Å²) in [4.78, 5) is 4.67. The maximum absolute atomic E-state index is 4.67. The number of hydrogen-bond donors (Lipinski definition) is 2. The molecule has 1 unspecified atom stereocenters. The molecule has 0 saturated heterocycles. The number of benzene rings is 1. The minimum atomic E-state index is 0.188. The van der Waals surface area contributed by atoms with Gasteiger partial charge in [0.15, 0.2) is 5.13 Å². The second-order valence-electron chi connectivity index (χ2n) is 6.71. The average Bonchev–Trinajstić information content (AvgIpc) is 2.93. The fourth-order valence-electron chi connectivity index (χ4n) is 2.18. The topological polar surface area (TPSA) is 37.0 Å². The highest BCUT2D eigenvalue weighted by Gasteiger charge is 2.13. The highest BCUT2D eigenvalue weighted by atomic mass is 32.1. The molecular formula is C18H27N3S. The third kappa shape index (κ3) is 4.55. The molecule has 0 aliphatic carbocycles. The van der Waals surface area contributed by atoms with E-state index in [0.717, 1.165) is 29.5 Å². The number of anilines is 2. The Morgan fingerprint density at radius 2 is 1.86 bits per heavy atom. The van der Waals surface area contributed by atoms with Crippen LogP contribution in [0.25, 0.3) is 0 Å². The molecule has 0 fully saturated rings. The lowest BCUT2D eigenvalue weighted by Gasteiger charge is -2.19. The lowest BCUT2D eigenvalue weighted by atomic mass is 9.87. The summed E-state index contributed by atoms with van der Waals surface area (Å²) < 4.78 is 0. The number of aromatic nitrogens is 1. The summed E-state index contributed by atoms with van der Waals surface area (Å²) in [6.45, 7) is 12.0. The van der Waals surface area contributed by atoms with Crippen LogP contribution < -0.4 is 10.6 Å². The second-order valence-corrected chi connectivity index (χ2v) is 7.56. The predicted molar refractivity (Wildman–Crippen MR) is 97.2 cm³/mol. The van der Waals surface area contributed by atoms with Gasteiger partial charge in [0.05, 0.1) is 5.69 Å². The van der Waals surface area contributed by atoms with Crippen LogP contribution in [-0.2, 0) is 5.41 Å². The quantitative estimate of drug-likeness (QED) is 0.764. The van der Waals surface area contributed by atoms with Gasteiger partial charge in [0, 0.05) is 17.1 Å². The fourth-order valence-corrected chi connectivity index (χ4v) is 3.01. The van der Waals surface area contributed by atoms with Crippen LogP contribution in [-0.4, -0.2) is 11.5 Å². The molecule has 2 rings (SSSR count). The lowest BCUT2D eigenvalue weighted by molar-refractivity contribution is 0.561. The van der Waals surface area contributed by atoms with Gasteiger partial charge in [-0.25, -0.2) is 4.98 Å². The van der Waals surface area contributed by atoms with Crippen molar-refractivity contribution in [2.24, 2.45) is 0 Å². The zero-order chi connectivity index (χ0) is 16.2. The molecule has 2 aromatic rings. The minimum absolute atomic E-state index is 0.188. The smallest absolute Gasteiger partial charge is 0.187 e. The highest BCUT2D eigenvalue weighted by Crippen LogP contribution is 2.27. The number of nitrogens with zero attached hydrogens (tertiary/aromatic N) is 1. The Kier molecular flexibility index (Phi) is 5.59. The van der Waals surface area contributed by atoms with Gasteiger partial charge in [-0.3, -0.25) is 0 Å². The van der Waals surface area contributed by atoms with Crippen LogP contribution >= 0.6 is 11.3 Å². The van der Waals surface area contributed by atoms with Crippen molar-refractivity contribution in [2.75, 3.05) is 11.9 Å². The largest absolute Gasteiger partial charge is 0.332 e. The van der Waals surface area contributed by atoms with Gasteiger partial charge in [0.2, 0.25) is 0 Å². The molecule has 0 amide bonds. The SMILES string of the molecule is CCCNC(C)c1csc(Nc2ccc(C(C)(C)C)cc2)n1. The maximum Gasteiger partial charge on any atom is 0.187 e. The van der Waals surface area contributed by atoms with Gasteiger partial charge >= 0.3 is 0 Å². The van der Waals surface area contributed by atoms with E-state index >= 15 is 0 Å². The van der Waals surface area contributed by atoms with E-state index in [9.17, 15) is 0 Å². The maximum atomic E-state index is 4.67. The van der Waals surface area contributed by atoms with Crippen molar-refractivity contribution in [3.05, 3.63) is 40.9 Å². The molecule has 0 aliphatic rings. The van der Waals surface area contributed by atoms with Gasteiger partial charge in [0.1, 0.15) is 0 Å². The normalized spacial score (nSPS) is 13.1. The molecule has 2 N–H and O–H groups in total. The number of hydrogen-bond acceptors (Lipinski definition) is 4. The zero-order valence-electron chi connectivity index (χ0n) is 14.2. The number of rotatable bonds is 6. The molecule has 0 radical (unpaired) electrons. The van der Waals surface area contributed by atoms with Crippen molar-refractivity contribution < 1.29 is 0 Å². The van der Waals surface area contributed by atoms with Crippen LogP contribution in [0.15, 0.2) is 29.6 Å². The first-order valence-electron chi connectivity index (χ1n) is 7.96. The van der Waals surface area contributed by atoms with Crippen molar-refractivity contribution in [3.8, 4) is 0 Å². The third-order valence-electron chi connectivity index (χ3n) is 3.67. The van der Waals surface area contributed by atoms with Crippen LogP contribution in [0.5, 0.6) is 0 Å². The van der Waals surface area contributed by atoms with E-state index in [1.165, 1.54) is 5.56 Å². The summed E-state index contributed by atoms with van der Waals surface area (Å²) in [6, 6.07) is 8.92. The van der Waals surface area contributed by atoms with Crippen LogP contribution in [0, 0.1) is 0 Å². The van der Waals surface area contributed by atoms with E-state index in [-0.39, 0.29) is 5.41 Å². The molecule has 22 heavy (non-hydrogen) atoms. The molecule has 0 saturated carbocycles. The van der Waals surface area contributed by atoms with Crippen LogP contribution in [0.3, 0.4) is 0 Å². The van der Waals surface area contributed by atoms with Crippen molar-refractivity contribution in [1.82, 2.24) is 10.3 Å². The zero-order valence-corrected chi connectivity index (χ0v) is 15.1. The number of nitrogens with one attached hydrogen (secondary N) is 2. The Balaban J connectivity index is 2.01. The molecule has 4 heteroatoms. The van der Waals surface area contributed by atoms with Crippen molar-refractivity contribution in [1.29, 1.82) is 0 Å². The highest BCUT2D eigenvalue weighted by molar-refractivity contribution is 7.13.